The van der Waals surface area contributed by atoms with Crippen LogP contribution in [0.3, 0.4) is 0 Å². The van der Waals surface area contributed by atoms with E-state index in [0.29, 0.717) is 5.92 Å². The highest BCUT2D eigenvalue weighted by molar-refractivity contribution is 9.10. The lowest BCUT2D eigenvalue weighted by molar-refractivity contribution is 0.296. The molecule has 0 aliphatic heterocycles. The summed E-state index contributed by atoms with van der Waals surface area (Å²) in [6.07, 6.45) is 2.33. The molecule has 114 valence electrons. The summed E-state index contributed by atoms with van der Waals surface area (Å²) >= 11 is 3.60. The van der Waals surface area contributed by atoms with Crippen molar-refractivity contribution >= 4 is 15.9 Å². The first-order valence-corrected chi connectivity index (χ1v) is 8.40. The molecule has 0 aliphatic rings. The van der Waals surface area contributed by atoms with Gasteiger partial charge < -0.3 is 10.1 Å². The number of rotatable bonds is 9. The maximum absolute atomic E-state index is 5.82. The third-order valence-electron chi connectivity index (χ3n) is 3.06. The van der Waals surface area contributed by atoms with Crippen LogP contribution in [0.25, 0.3) is 0 Å². The van der Waals surface area contributed by atoms with E-state index in [9.17, 15) is 0 Å². The topological polar surface area (TPSA) is 21.3 Å². The lowest BCUT2D eigenvalue weighted by Gasteiger charge is -2.11. The van der Waals surface area contributed by atoms with E-state index in [1.807, 2.05) is 0 Å². The number of ether oxygens (including phenoxy) is 1. The molecular formula is C17H28BrNO. The van der Waals surface area contributed by atoms with Gasteiger partial charge in [0, 0.05) is 6.54 Å². The molecule has 2 nitrogen and oxygen atoms in total. The summed E-state index contributed by atoms with van der Waals surface area (Å²) in [5.74, 6) is 2.37. The second-order valence-corrected chi connectivity index (χ2v) is 7.03. The number of nitrogens with one attached hydrogen (secondary N) is 1. The van der Waals surface area contributed by atoms with Gasteiger partial charge in [0.2, 0.25) is 0 Å². The molecule has 0 atom stereocenters. The SMILES string of the molecule is CC(C)CCCOc1ccc(CNCC(C)C)cc1Br. The molecule has 0 aromatic heterocycles. The van der Waals surface area contributed by atoms with Crippen LogP contribution in [-0.4, -0.2) is 13.2 Å². The Kier molecular flexibility index (Phi) is 8.24. The largest absolute Gasteiger partial charge is 0.492 e. The van der Waals surface area contributed by atoms with Gasteiger partial charge in [-0.1, -0.05) is 33.8 Å². The van der Waals surface area contributed by atoms with Gasteiger partial charge in [-0.25, -0.2) is 0 Å². The summed E-state index contributed by atoms with van der Waals surface area (Å²) in [4.78, 5) is 0. The number of hydrogen-bond acceptors (Lipinski definition) is 2. The molecule has 0 heterocycles. The smallest absolute Gasteiger partial charge is 0.133 e. The first-order chi connectivity index (χ1) is 9.49. The van der Waals surface area contributed by atoms with Crippen molar-refractivity contribution in [1.82, 2.24) is 5.32 Å². The molecule has 0 saturated heterocycles. The molecule has 3 heteroatoms. The fourth-order valence-electron chi connectivity index (χ4n) is 1.95. The van der Waals surface area contributed by atoms with Crippen LogP contribution in [-0.2, 0) is 6.54 Å². The Morgan fingerprint density at radius 2 is 1.90 bits per heavy atom. The maximum Gasteiger partial charge on any atom is 0.133 e. The monoisotopic (exact) mass is 341 g/mol. The molecular weight excluding hydrogens is 314 g/mol. The van der Waals surface area contributed by atoms with Gasteiger partial charge in [0.05, 0.1) is 11.1 Å². The van der Waals surface area contributed by atoms with Crippen LogP contribution < -0.4 is 10.1 Å². The summed E-state index contributed by atoms with van der Waals surface area (Å²) in [6, 6.07) is 6.34. The standard InChI is InChI=1S/C17H28BrNO/c1-13(2)6-5-9-20-17-8-7-15(10-16(17)18)12-19-11-14(3)4/h7-8,10,13-14,19H,5-6,9,11-12H2,1-4H3. The van der Waals surface area contributed by atoms with Crippen LogP contribution in [0.1, 0.15) is 46.1 Å². The predicted octanol–water partition coefficient (Wildman–Crippen LogP) is 5.01. The summed E-state index contributed by atoms with van der Waals surface area (Å²) in [5.41, 5.74) is 1.28. The van der Waals surface area contributed by atoms with Gasteiger partial charge in [-0.2, -0.15) is 0 Å². The average molecular weight is 342 g/mol. The second-order valence-electron chi connectivity index (χ2n) is 6.17. The quantitative estimate of drug-likeness (QED) is 0.637. The van der Waals surface area contributed by atoms with Crippen LogP contribution in [0.4, 0.5) is 0 Å². The van der Waals surface area contributed by atoms with Crippen LogP contribution in [0.5, 0.6) is 5.75 Å². The van der Waals surface area contributed by atoms with E-state index in [-0.39, 0.29) is 0 Å². The van der Waals surface area contributed by atoms with Crippen molar-refractivity contribution in [1.29, 1.82) is 0 Å². The van der Waals surface area contributed by atoms with E-state index >= 15 is 0 Å². The van der Waals surface area contributed by atoms with Crippen molar-refractivity contribution in [3.05, 3.63) is 28.2 Å². The molecule has 1 rings (SSSR count). The van der Waals surface area contributed by atoms with E-state index < -0.39 is 0 Å². The van der Waals surface area contributed by atoms with Crippen LogP contribution in [0, 0.1) is 11.8 Å². The minimum Gasteiger partial charge on any atom is -0.492 e. The zero-order valence-electron chi connectivity index (χ0n) is 13.2. The first-order valence-electron chi connectivity index (χ1n) is 7.61. The molecule has 0 unspecified atom stereocenters. The van der Waals surface area contributed by atoms with Crippen molar-refractivity contribution in [3.8, 4) is 5.75 Å². The molecule has 0 radical (unpaired) electrons. The highest BCUT2D eigenvalue weighted by Gasteiger charge is 2.03. The second kappa shape index (κ2) is 9.41. The maximum atomic E-state index is 5.82. The first kappa shape index (κ1) is 17.5. The van der Waals surface area contributed by atoms with Gasteiger partial charge in [0.1, 0.15) is 5.75 Å². The van der Waals surface area contributed by atoms with E-state index in [1.165, 1.54) is 12.0 Å². The minimum atomic E-state index is 0.682. The zero-order valence-corrected chi connectivity index (χ0v) is 14.8. The molecule has 0 fully saturated rings. The van der Waals surface area contributed by atoms with Crippen molar-refractivity contribution in [2.45, 2.75) is 47.1 Å². The van der Waals surface area contributed by atoms with Gasteiger partial charge in [0.15, 0.2) is 0 Å². The van der Waals surface area contributed by atoms with Gasteiger partial charge in [-0.3, -0.25) is 0 Å². The Hall–Kier alpha value is -0.540. The van der Waals surface area contributed by atoms with Gasteiger partial charge in [-0.15, -0.1) is 0 Å². The molecule has 1 N–H and O–H groups in total. The van der Waals surface area contributed by atoms with Crippen LogP contribution >= 0.6 is 15.9 Å². The zero-order chi connectivity index (χ0) is 15.0. The van der Waals surface area contributed by atoms with Gasteiger partial charge >= 0.3 is 0 Å². The molecule has 0 aliphatic carbocycles. The molecule has 1 aromatic carbocycles. The van der Waals surface area contributed by atoms with Crippen molar-refractivity contribution in [2.24, 2.45) is 11.8 Å². The Labute approximate surface area is 132 Å². The van der Waals surface area contributed by atoms with Crippen LogP contribution in [0.15, 0.2) is 22.7 Å². The van der Waals surface area contributed by atoms with E-state index in [4.69, 9.17) is 4.74 Å². The van der Waals surface area contributed by atoms with Crippen molar-refractivity contribution in [3.63, 3.8) is 0 Å². The molecule has 0 spiro atoms. The Morgan fingerprint density at radius 1 is 1.15 bits per heavy atom. The summed E-state index contributed by atoms with van der Waals surface area (Å²) in [7, 11) is 0. The van der Waals surface area contributed by atoms with Crippen molar-refractivity contribution < 1.29 is 4.74 Å². The lowest BCUT2D eigenvalue weighted by atomic mass is 10.1. The summed E-state index contributed by atoms with van der Waals surface area (Å²) in [6.45, 7) is 11.7. The molecule has 0 amide bonds. The minimum absolute atomic E-state index is 0.682. The fourth-order valence-corrected chi connectivity index (χ4v) is 2.49. The fraction of sp³-hybridized carbons (Fsp3) is 0.647. The highest BCUT2D eigenvalue weighted by atomic mass is 79.9. The highest BCUT2D eigenvalue weighted by Crippen LogP contribution is 2.26. The van der Waals surface area contributed by atoms with Crippen LogP contribution in [0.2, 0.25) is 0 Å². The van der Waals surface area contributed by atoms with E-state index in [1.54, 1.807) is 0 Å². The van der Waals surface area contributed by atoms with Gasteiger partial charge in [0.25, 0.3) is 0 Å². The number of benzene rings is 1. The lowest BCUT2D eigenvalue weighted by Crippen LogP contribution is -2.18. The van der Waals surface area contributed by atoms with Gasteiger partial charge in [-0.05, 0) is 64.8 Å². The Balaban J connectivity index is 2.39. The normalized spacial score (nSPS) is 11.3. The summed E-state index contributed by atoms with van der Waals surface area (Å²) < 4.78 is 6.86. The predicted molar refractivity (Wildman–Crippen MR) is 90.3 cm³/mol. The van der Waals surface area contributed by atoms with E-state index in [0.717, 1.165) is 42.3 Å². The Bertz CT molecular complexity index is 391. The molecule has 1 aromatic rings. The molecule has 0 saturated carbocycles. The van der Waals surface area contributed by atoms with E-state index in [2.05, 4.69) is 67.1 Å². The number of hydrogen-bond donors (Lipinski definition) is 1. The summed E-state index contributed by atoms with van der Waals surface area (Å²) in [5, 5.41) is 3.45. The Morgan fingerprint density at radius 3 is 2.50 bits per heavy atom. The third-order valence-corrected chi connectivity index (χ3v) is 3.68. The average Bonchev–Trinajstić information content (AvgIpc) is 2.36. The third kappa shape index (κ3) is 7.30. The molecule has 0 bridgehead atoms. The van der Waals surface area contributed by atoms with Crippen molar-refractivity contribution in [2.75, 3.05) is 13.2 Å². The number of halogens is 1. The molecule has 20 heavy (non-hydrogen) atoms.